The summed E-state index contributed by atoms with van der Waals surface area (Å²) < 4.78 is 0. The molecule has 0 saturated carbocycles. The molecule has 29 heavy (non-hydrogen) atoms. The first-order valence-electron chi connectivity index (χ1n) is 10.3. The number of carbonyl (C=O) groups is 2. The zero-order valence-electron chi connectivity index (χ0n) is 17.3. The SMILES string of the molecule is CC(C)C(NC(=O)Cc1ccccc1)C(=O)N1CCN(Cc2ccncc2)CC1. The topological polar surface area (TPSA) is 65.5 Å². The summed E-state index contributed by atoms with van der Waals surface area (Å²) in [6.07, 6.45) is 3.90. The highest BCUT2D eigenvalue weighted by atomic mass is 16.2. The van der Waals surface area contributed by atoms with Gasteiger partial charge in [-0.05, 0) is 29.2 Å². The van der Waals surface area contributed by atoms with Crippen LogP contribution >= 0.6 is 0 Å². The van der Waals surface area contributed by atoms with Crippen LogP contribution in [-0.4, -0.2) is 58.8 Å². The Kier molecular flexibility index (Phi) is 7.36. The number of benzene rings is 1. The molecule has 0 radical (unpaired) electrons. The van der Waals surface area contributed by atoms with Crippen molar-refractivity contribution >= 4 is 11.8 Å². The first-order valence-corrected chi connectivity index (χ1v) is 10.3. The van der Waals surface area contributed by atoms with E-state index in [1.165, 1.54) is 5.56 Å². The molecule has 6 heteroatoms. The van der Waals surface area contributed by atoms with Gasteiger partial charge in [-0.15, -0.1) is 0 Å². The van der Waals surface area contributed by atoms with Crippen LogP contribution in [0.25, 0.3) is 0 Å². The van der Waals surface area contributed by atoms with Gasteiger partial charge < -0.3 is 10.2 Å². The summed E-state index contributed by atoms with van der Waals surface area (Å²) in [5.74, 6) is -0.0541. The third-order valence-corrected chi connectivity index (χ3v) is 5.30. The molecule has 1 aromatic carbocycles. The van der Waals surface area contributed by atoms with Gasteiger partial charge in [0.2, 0.25) is 11.8 Å². The van der Waals surface area contributed by atoms with Crippen LogP contribution in [0.4, 0.5) is 0 Å². The van der Waals surface area contributed by atoms with E-state index in [0.29, 0.717) is 13.1 Å². The van der Waals surface area contributed by atoms with E-state index >= 15 is 0 Å². The third-order valence-electron chi connectivity index (χ3n) is 5.30. The van der Waals surface area contributed by atoms with E-state index in [1.54, 1.807) is 12.4 Å². The number of amides is 2. The number of aromatic nitrogens is 1. The maximum absolute atomic E-state index is 13.1. The molecular weight excluding hydrogens is 364 g/mol. The van der Waals surface area contributed by atoms with E-state index in [4.69, 9.17) is 0 Å². The normalized spacial score (nSPS) is 15.9. The minimum Gasteiger partial charge on any atom is -0.344 e. The molecule has 2 aromatic rings. The van der Waals surface area contributed by atoms with Gasteiger partial charge in [-0.2, -0.15) is 0 Å². The average molecular weight is 395 g/mol. The van der Waals surface area contributed by atoms with Crippen molar-refractivity contribution in [3.05, 3.63) is 66.0 Å². The van der Waals surface area contributed by atoms with Crippen LogP contribution in [-0.2, 0) is 22.6 Å². The Morgan fingerprint density at radius 2 is 1.62 bits per heavy atom. The fourth-order valence-corrected chi connectivity index (χ4v) is 3.59. The zero-order chi connectivity index (χ0) is 20.6. The first-order chi connectivity index (χ1) is 14.0. The lowest BCUT2D eigenvalue weighted by molar-refractivity contribution is -0.139. The molecule has 1 fully saturated rings. The van der Waals surface area contributed by atoms with Gasteiger partial charge >= 0.3 is 0 Å². The molecule has 1 N–H and O–H groups in total. The molecule has 154 valence electrons. The number of hydrogen-bond donors (Lipinski definition) is 1. The second-order valence-electron chi connectivity index (χ2n) is 7.91. The van der Waals surface area contributed by atoms with Crippen molar-refractivity contribution in [1.82, 2.24) is 20.1 Å². The van der Waals surface area contributed by atoms with Crippen LogP contribution in [0.5, 0.6) is 0 Å². The Labute approximate surface area is 172 Å². The molecule has 3 rings (SSSR count). The predicted octanol–water partition coefficient (Wildman–Crippen LogP) is 2.11. The Balaban J connectivity index is 1.52. The van der Waals surface area contributed by atoms with Crippen LogP contribution in [0.1, 0.15) is 25.0 Å². The van der Waals surface area contributed by atoms with Gasteiger partial charge in [0.25, 0.3) is 0 Å². The van der Waals surface area contributed by atoms with Crippen LogP contribution in [0.15, 0.2) is 54.9 Å². The number of hydrogen-bond acceptors (Lipinski definition) is 4. The number of pyridine rings is 1. The third kappa shape index (κ3) is 6.12. The van der Waals surface area contributed by atoms with Crippen LogP contribution in [0, 0.1) is 5.92 Å². The molecule has 6 nitrogen and oxygen atoms in total. The maximum Gasteiger partial charge on any atom is 0.245 e. The fraction of sp³-hybridized carbons (Fsp3) is 0.435. The largest absolute Gasteiger partial charge is 0.344 e. The lowest BCUT2D eigenvalue weighted by atomic mass is 10.0. The lowest BCUT2D eigenvalue weighted by Gasteiger charge is -2.37. The minimum absolute atomic E-state index is 0.0185. The highest BCUT2D eigenvalue weighted by Gasteiger charge is 2.30. The number of nitrogens with zero attached hydrogens (tertiary/aromatic N) is 3. The number of carbonyl (C=O) groups excluding carboxylic acids is 2. The Bertz CT molecular complexity index is 787. The summed E-state index contributed by atoms with van der Waals surface area (Å²) in [6, 6.07) is 13.2. The molecule has 2 amide bonds. The van der Waals surface area contributed by atoms with E-state index in [9.17, 15) is 9.59 Å². The second-order valence-corrected chi connectivity index (χ2v) is 7.91. The summed E-state index contributed by atoms with van der Waals surface area (Å²) in [6.45, 7) is 7.85. The minimum atomic E-state index is -0.488. The van der Waals surface area contributed by atoms with Gasteiger partial charge in [-0.1, -0.05) is 44.2 Å². The van der Waals surface area contributed by atoms with E-state index in [0.717, 1.165) is 25.2 Å². The van der Waals surface area contributed by atoms with Crippen molar-refractivity contribution in [2.24, 2.45) is 5.92 Å². The molecule has 2 heterocycles. The standard InChI is InChI=1S/C23H30N4O2/c1-18(2)22(25-21(28)16-19-6-4-3-5-7-19)23(29)27-14-12-26(13-15-27)17-20-8-10-24-11-9-20/h3-11,18,22H,12-17H2,1-2H3,(H,25,28). The summed E-state index contributed by atoms with van der Waals surface area (Å²) >= 11 is 0. The monoisotopic (exact) mass is 394 g/mol. The Hall–Kier alpha value is -2.73. The van der Waals surface area contributed by atoms with Crippen molar-refractivity contribution in [3.8, 4) is 0 Å². The molecule has 1 atom stereocenters. The van der Waals surface area contributed by atoms with Crippen molar-refractivity contribution in [2.75, 3.05) is 26.2 Å². The predicted molar refractivity (Wildman–Crippen MR) is 113 cm³/mol. The van der Waals surface area contributed by atoms with Gasteiger partial charge in [0.15, 0.2) is 0 Å². The fourth-order valence-electron chi connectivity index (χ4n) is 3.59. The molecule has 0 bridgehead atoms. The Morgan fingerprint density at radius 3 is 2.24 bits per heavy atom. The van der Waals surface area contributed by atoms with Crippen molar-refractivity contribution in [3.63, 3.8) is 0 Å². The van der Waals surface area contributed by atoms with Crippen LogP contribution in [0.3, 0.4) is 0 Å². The summed E-state index contributed by atoms with van der Waals surface area (Å²) in [5.41, 5.74) is 2.18. The van der Waals surface area contributed by atoms with Crippen LogP contribution in [0.2, 0.25) is 0 Å². The summed E-state index contributed by atoms with van der Waals surface area (Å²) in [5, 5.41) is 2.96. The molecular formula is C23H30N4O2. The van der Waals surface area contributed by atoms with Gasteiger partial charge in [-0.3, -0.25) is 19.5 Å². The second kappa shape index (κ2) is 10.2. The van der Waals surface area contributed by atoms with Crippen LogP contribution < -0.4 is 5.32 Å². The first kappa shape index (κ1) is 21.0. The molecule has 1 saturated heterocycles. The molecule has 1 aliphatic heterocycles. The molecule has 0 spiro atoms. The zero-order valence-corrected chi connectivity index (χ0v) is 17.3. The number of rotatable bonds is 7. The van der Waals surface area contributed by atoms with Gasteiger partial charge in [0.05, 0.1) is 6.42 Å². The summed E-state index contributed by atoms with van der Waals surface area (Å²) in [4.78, 5) is 33.8. The van der Waals surface area contributed by atoms with Crippen molar-refractivity contribution in [2.45, 2.75) is 32.9 Å². The molecule has 1 unspecified atom stereocenters. The number of nitrogens with one attached hydrogen (secondary N) is 1. The average Bonchev–Trinajstić information content (AvgIpc) is 2.73. The Morgan fingerprint density at radius 1 is 0.966 bits per heavy atom. The quantitative estimate of drug-likeness (QED) is 0.781. The van der Waals surface area contributed by atoms with Crippen molar-refractivity contribution < 1.29 is 9.59 Å². The maximum atomic E-state index is 13.1. The van der Waals surface area contributed by atoms with E-state index in [1.807, 2.05) is 61.2 Å². The number of piperazine rings is 1. The lowest BCUT2D eigenvalue weighted by Crippen LogP contribution is -2.56. The summed E-state index contributed by atoms with van der Waals surface area (Å²) in [7, 11) is 0. The van der Waals surface area contributed by atoms with Gasteiger partial charge in [-0.25, -0.2) is 0 Å². The van der Waals surface area contributed by atoms with Gasteiger partial charge in [0, 0.05) is 45.1 Å². The highest BCUT2D eigenvalue weighted by Crippen LogP contribution is 2.12. The molecule has 0 aliphatic carbocycles. The van der Waals surface area contributed by atoms with Crippen molar-refractivity contribution in [1.29, 1.82) is 0 Å². The van der Waals surface area contributed by atoms with E-state index in [-0.39, 0.29) is 24.2 Å². The van der Waals surface area contributed by atoms with E-state index in [2.05, 4.69) is 15.2 Å². The van der Waals surface area contributed by atoms with Gasteiger partial charge in [0.1, 0.15) is 6.04 Å². The molecule has 1 aliphatic rings. The van der Waals surface area contributed by atoms with E-state index < -0.39 is 6.04 Å². The molecule has 1 aromatic heterocycles. The smallest absolute Gasteiger partial charge is 0.245 e. The highest BCUT2D eigenvalue weighted by molar-refractivity contribution is 5.88.